The second kappa shape index (κ2) is 34.9. The average molecular weight is 1710 g/mol. The first-order valence-electron chi connectivity index (χ1n) is 44.0. The minimum Gasteiger partial charge on any atom is -0.356 e. The Bertz CT molecular complexity index is 8120. The summed E-state index contributed by atoms with van der Waals surface area (Å²) in [6.07, 6.45) is 0. The zero-order chi connectivity index (χ0) is 85.9. The van der Waals surface area contributed by atoms with Crippen LogP contribution in [0.4, 0.5) is 28.4 Å². The third-order valence-electron chi connectivity index (χ3n) is 25.1. The third kappa shape index (κ3) is 15.8. The summed E-state index contributed by atoms with van der Waals surface area (Å²) in [6, 6.07) is 183. The number of fused-ring (bicyclic) bond motifs is 12. The summed E-state index contributed by atoms with van der Waals surface area (Å²) in [4.78, 5) is 2.38. The Morgan fingerprint density at radius 3 is 0.868 bits per heavy atom. The molecule has 5 heteroatoms. The van der Waals surface area contributed by atoms with Crippen LogP contribution in [0.2, 0.25) is 0 Å². The fourth-order valence-corrected chi connectivity index (χ4v) is 19.1. The van der Waals surface area contributed by atoms with Gasteiger partial charge in [0.1, 0.15) is 0 Å². The van der Waals surface area contributed by atoms with Gasteiger partial charge in [-0.05, 0) is 266 Å². The summed E-state index contributed by atoms with van der Waals surface area (Å²) in [5.41, 5.74) is 31.9. The normalized spacial score (nSPS) is 11.3. The molecule has 0 unspecified atom stereocenters. The van der Waals surface area contributed by atoms with Crippen molar-refractivity contribution < 1.29 is 0 Å². The number of halogens is 1. The lowest BCUT2D eigenvalue weighted by atomic mass is 9.93. The van der Waals surface area contributed by atoms with Crippen LogP contribution in [0.25, 0.3) is 187 Å². The summed E-state index contributed by atoms with van der Waals surface area (Å²) in [5.74, 6) is 0. The van der Waals surface area contributed by atoms with E-state index < -0.39 is 0 Å². The molecule has 0 atom stereocenters. The molecule has 0 aliphatic rings. The number of nitrogens with one attached hydrogen (secondary N) is 1. The highest BCUT2D eigenvalue weighted by molar-refractivity contribution is 9.10. The van der Waals surface area contributed by atoms with Crippen LogP contribution in [0.15, 0.2) is 514 Å². The van der Waals surface area contributed by atoms with Gasteiger partial charge in [-0.3, -0.25) is 0 Å². The quantitative estimate of drug-likeness (QED) is 0.104. The maximum Gasteiger partial charge on any atom is 0.0541 e. The van der Waals surface area contributed by atoms with E-state index in [2.05, 4.69) is 539 Å². The fourth-order valence-electron chi connectivity index (χ4n) is 18.8. The van der Waals surface area contributed by atoms with Crippen molar-refractivity contribution in [3.05, 3.63) is 514 Å². The Hall–Kier alpha value is -16.4. The monoisotopic (exact) mass is 1710 g/mol. The topological polar surface area (TPSA) is 25.1 Å². The van der Waals surface area contributed by atoms with Crippen molar-refractivity contribution in [3.63, 3.8) is 0 Å². The molecule has 0 bridgehead atoms. The Labute approximate surface area is 759 Å². The van der Waals surface area contributed by atoms with Crippen molar-refractivity contribution in [2.75, 3.05) is 10.2 Å². The van der Waals surface area contributed by atoms with Gasteiger partial charge in [0.05, 0.1) is 22.1 Å². The van der Waals surface area contributed by atoms with Gasteiger partial charge in [0, 0.05) is 65.8 Å². The van der Waals surface area contributed by atoms with E-state index in [4.69, 9.17) is 0 Å². The number of benzene rings is 22. The molecule has 0 saturated carbocycles. The molecule has 0 fully saturated rings. The molecule has 0 amide bonds. The zero-order valence-corrected chi connectivity index (χ0v) is 72.3. The number of hydrogen-bond acceptors (Lipinski definition) is 2. The van der Waals surface area contributed by atoms with Crippen molar-refractivity contribution in [2.45, 2.75) is 0 Å². The van der Waals surface area contributed by atoms with E-state index in [-0.39, 0.29) is 0 Å². The van der Waals surface area contributed by atoms with E-state index in [0.29, 0.717) is 0 Å². The molecule has 0 aliphatic carbocycles. The molecular formula is C124H85BrN4. The number of hydrogen-bond donors (Lipinski definition) is 1. The molecule has 0 saturated heterocycles. The molecule has 0 spiro atoms. The van der Waals surface area contributed by atoms with Crippen molar-refractivity contribution in [2.24, 2.45) is 0 Å². The summed E-state index contributed by atoms with van der Waals surface area (Å²) >= 11 is 3.46. The van der Waals surface area contributed by atoms with Gasteiger partial charge in [0.25, 0.3) is 0 Å². The van der Waals surface area contributed by atoms with Crippen molar-refractivity contribution in [1.82, 2.24) is 9.13 Å². The lowest BCUT2D eigenvalue weighted by Gasteiger charge is -2.26. The molecular weight excluding hydrogens is 1630 g/mol. The van der Waals surface area contributed by atoms with Gasteiger partial charge < -0.3 is 19.4 Å². The van der Waals surface area contributed by atoms with E-state index in [1.165, 1.54) is 170 Å². The number of rotatable bonds is 15. The van der Waals surface area contributed by atoms with Crippen LogP contribution >= 0.6 is 15.9 Å². The average Bonchev–Trinajstić information content (AvgIpc) is 1.18. The van der Waals surface area contributed by atoms with Gasteiger partial charge in [-0.25, -0.2) is 0 Å². The summed E-state index contributed by atoms with van der Waals surface area (Å²) in [5, 5.41) is 18.9. The van der Waals surface area contributed by atoms with Gasteiger partial charge >= 0.3 is 0 Å². The molecule has 1 N–H and O–H groups in total. The maximum absolute atomic E-state index is 3.65. The predicted molar refractivity (Wildman–Crippen MR) is 554 cm³/mol. The third-order valence-corrected chi connectivity index (χ3v) is 25.6. The van der Waals surface area contributed by atoms with Crippen molar-refractivity contribution >= 4 is 131 Å². The molecule has 22 aromatic carbocycles. The SMILES string of the molecule is Brc1ccc(-c2ccc(-c3ccccc3)cc2)cc1.c1cc(Nc2ccc(-c3cccc(-n4c5ccccc5c5ccccc54)c3)cc2)cc(-c2cc3ccccc3c3ccccc23)c1.c1ccc(-c2ccc(-c3ccc(N(c4ccc(-c5cccc(-n6c7ccccc7c7ccccc76)c5)cc4)c4cccc(-c5cc6ccccc6c6ccccc56)c4)cc3)cc2)cc1. The smallest absolute Gasteiger partial charge is 0.0541 e. The Morgan fingerprint density at radius 2 is 0.457 bits per heavy atom. The van der Waals surface area contributed by atoms with E-state index in [9.17, 15) is 0 Å². The molecule has 0 radical (unpaired) electrons. The van der Waals surface area contributed by atoms with E-state index in [0.717, 1.165) is 49.8 Å². The van der Waals surface area contributed by atoms with Gasteiger partial charge in [-0.2, -0.15) is 0 Å². The van der Waals surface area contributed by atoms with Crippen LogP contribution in [0.3, 0.4) is 0 Å². The van der Waals surface area contributed by atoms with Crippen LogP contribution in [0.1, 0.15) is 0 Å². The Balaban J connectivity index is 0.000000130. The Kier molecular flexibility index (Phi) is 21.3. The molecule has 608 valence electrons. The van der Waals surface area contributed by atoms with Crippen molar-refractivity contribution in [3.8, 4) is 100 Å². The molecule has 2 heterocycles. The molecule has 24 aromatic rings. The van der Waals surface area contributed by atoms with Crippen LogP contribution in [-0.2, 0) is 0 Å². The van der Waals surface area contributed by atoms with Gasteiger partial charge in [-0.1, -0.05) is 392 Å². The highest BCUT2D eigenvalue weighted by atomic mass is 79.9. The molecule has 2 aromatic heterocycles. The molecule has 24 rings (SSSR count). The predicted octanol–water partition coefficient (Wildman–Crippen LogP) is 35.2. The van der Waals surface area contributed by atoms with Crippen LogP contribution in [0, 0.1) is 0 Å². The first-order chi connectivity index (χ1) is 63.9. The van der Waals surface area contributed by atoms with Gasteiger partial charge in [-0.15, -0.1) is 0 Å². The van der Waals surface area contributed by atoms with Gasteiger partial charge in [0.2, 0.25) is 0 Å². The number of aromatic nitrogens is 2. The largest absolute Gasteiger partial charge is 0.356 e. The first-order valence-corrected chi connectivity index (χ1v) is 44.8. The summed E-state index contributed by atoms with van der Waals surface area (Å²) in [7, 11) is 0. The maximum atomic E-state index is 3.65. The molecule has 129 heavy (non-hydrogen) atoms. The highest BCUT2D eigenvalue weighted by Crippen LogP contribution is 2.45. The Morgan fingerprint density at radius 1 is 0.171 bits per heavy atom. The van der Waals surface area contributed by atoms with E-state index >= 15 is 0 Å². The lowest BCUT2D eigenvalue weighted by Crippen LogP contribution is -2.10. The molecule has 4 nitrogen and oxygen atoms in total. The van der Waals surface area contributed by atoms with E-state index in [1.54, 1.807) is 0 Å². The van der Waals surface area contributed by atoms with E-state index in [1.807, 2.05) is 6.07 Å². The van der Waals surface area contributed by atoms with Crippen LogP contribution in [-0.4, -0.2) is 9.13 Å². The standard InChI is InChI=1S/C62H42N2.C44H30N2.C18H13Br/c1-2-14-43(15-3-1)44-28-30-45(31-29-44)46-32-36-51(37-33-46)63(53-19-13-18-49(41-53)60-42-50-16-4-5-21-55(50)56-22-6-7-23-57(56)60)52-38-34-47(35-39-52)48-17-12-20-54(40-48)64-61-26-10-8-24-58(61)59-25-9-11-27-62(59)64;1-2-16-37-33(11-1)29-42(39-18-4-3-17-38(37)39)32-13-9-14-35(27-32)45-34-25-23-30(24-26-34)31-12-10-15-36(28-31)46-43-21-7-5-19-40(43)41-20-6-8-22-44(41)46;19-18-12-10-17(11-13-18)16-8-6-15(7-9-16)14-4-2-1-3-5-14/h1-42H;1-29,45H;1-13H. The van der Waals surface area contributed by atoms with Crippen molar-refractivity contribution in [1.29, 1.82) is 0 Å². The minimum absolute atomic E-state index is 1.06. The number of nitrogens with zero attached hydrogens (tertiary/aromatic N) is 3. The lowest BCUT2D eigenvalue weighted by molar-refractivity contribution is 1.18. The second-order valence-electron chi connectivity index (χ2n) is 32.9. The number of anilines is 5. The van der Waals surface area contributed by atoms with Gasteiger partial charge in [0.15, 0.2) is 0 Å². The number of para-hydroxylation sites is 4. The fraction of sp³-hybridized carbons (Fsp3) is 0. The molecule has 0 aliphatic heterocycles. The second-order valence-corrected chi connectivity index (χ2v) is 33.8. The summed E-state index contributed by atoms with van der Waals surface area (Å²) in [6.45, 7) is 0. The highest BCUT2D eigenvalue weighted by Gasteiger charge is 2.20. The van der Waals surface area contributed by atoms with Crippen LogP contribution in [0.5, 0.6) is 0 Å². The minimum atomic E-state index is 1.06. The zero-order valence-electron chi connectivity index (χ0n) is 70.7. The first kappa shape index (κ1) is 78.5. The summed E-state index contributed by atoms with van der Waals surface area (Å²) < 4.78 is 5.87. The van der Waals surface area contributed by atoms with Crippen LogP contribution < -0.4 is 10.2 Å².